The van der Waals surface area contributed by atoms with Crippen molar-refractivity contribution in [3.05, 3.63) is 60.2 Å². The van der Waals surface area contributed by atoms with Crippen molar-refractivity contribution in [1.29, 1.82) is 0 Å². The van der Waals surface area contributed by atoms with Crippen LogP contribution in [-0.4, -0.2) is 23.4 Å². The first-order chi connectivity index (χ1) is 12.5. The molecule has 0 unspecified atom stereocenters. The lowest BCUT2D eigenvalue weighted by molar-refractivity contribution is -0.167. The Bertz CT molecular complexity index is 911. The minimum Gasteiger partial charge on any atom is -0.463 e. The van der Waals surface area contributed by atoms with E-state index in [1.54, 1.807) is 13.8 Å². The second kappa shape index (κ2) is 7.87. The van der Waals surface area contributed by atoms with Crippen LogP contribution in [0.15, 0.2) is 54.6 Å². The normalized spacial score (nSPS) is 13.3. The van der Waals surface area contributed by atoms with Gasteiger partial charge in [-0.25, -0.2) is 4.79 Å². The van der Waals surface area contributed by atoms with Crippen LogP contribution < -0.4 is 0 Å². The van der Waals surface area contributed by atoms with Crippen molar-refractivity contribution in [2.75, 3.05) is 6.61 Å². The fourth-order valence-electron chi connectivity index (χ4n) is 2.98. The van der Waals surface area contributed by atoms with Gasteiger partial charge in [0.05, 0.1) is 6.61 Å². The molecule has 0 aromatic heterocycles. The summed E-state index contributed by atoms with van der Waals surface area (Å²) in [5.41, 5.74) is 0.652. The molecule has 26 heavy (non-hydrogen) atoms. The lowest BCUT2D eigenvalue weighted by Gasteiger charge is -2.21. The maximum atomic E-state index is 12.7. The maximum absolute atomic E-state index is 12.7. The monoisotopic (exact) mass is 414 g/mol. The average molecular weight is 415 g/mol. The van der Waals surface area contributed by atoms with E-state index in [1.165, 1.54) is 0 Å². The van der Waals surface area contributed by atoms with Crippen molar-refractivity contribution in [1.82, 2.24) is 0 Å². The van der Waals surface area contributed by atoms with E-state index in [9.17, 15) is 9.59 Å². The second-order valence-corrected chi connectivity index (χ2v) is 7.29. The zero-order valence-corrected chi connectivity index (χ0v) is 16.2. The molecule has 0 radical (unpaired) electrons. The molecule has 0 saturated heterocycles. The highest BCUT2D eigenvalue weighted by Gasteiger charge is 2.31. The predicted molar refractivity (Wildman–Crippen MR) is 105 cm³/mol. The molecular formula is C21H19BrO4. The van der Waals surface area contributed by atoms with E-state index in [4.69, 9.17) is 9.47 Å². The summed E-state index contributed by atoms with van der Waals surface area (Å²) in [5, 5.41) is 3.66. The van der Waals surface area contributed by atoms with Gasteiger partial charge in [0.15, 0.2) is 0 Å². The number of fused-ring (bicyclic) bond motifs is 2. The van der Waals surface area contributed by atoms with E-state index >= 15 is 0 Å². The average Bonchev–Trinajstić information content (AvgIpc) is 2.64. The lowest BCUT2D eigenvalue weighted by Crippen LogP contribution is -2.25. The van der Waals surface area contributed by atoms with E-state index < -0.39 is 22.9 Å². The number of carbonyl (C=O) groups is 2. The Morgan fingerprint density at radius 2 is 1.50 bits per heavy atom. The fraction of sp³-hybridized carbons (Fsp3) is 0.238. The number of alkyl halides is 1. The van der Waals surface area contributed by atoms with Gasteiger partial charge in [0.25, 0.3) is 0 Å². The molecule has 0 aliphatic rings. The predicted octanol–water partition coefficient (Wildman–Crippen LogP) is 4.92. The van der Waals surface area contributed by atoms with E-state index in [1.807, 2.05) is 48.5 Å². The highest BCUT2D eigenvalue weighted by molar-refractivity contribution is 9.10. The summed E-state index contributed by atoms with van der Waals surface area (Å²) < 4.78 is 10.8. The minimum atomic E-state index is -1.13. The highest BCUT2D eigenvalue weighted by Crippen LogP contribution is 2.35. The Morgan fingerprint density at radius 1 is 0.962 bits per heavy atom. The third kappa shape index (κ3) is 3.58. The summed E-state index contributed by atoms with van der Waals surface area (Å²) in [4.78, 5) is 24.4. The molecule has 3 aromatic carbocycles. The van der Waals surface area contributed by atoms with Gasteiger partial charge in [-0.15, -0.1) is 0 Å². The number of carbonyl (C=O) groups excluding carboxylic acids is 2. The molecule has 4 nitrogen and oxygen atoms in total. The molecule has 3 rings (SSSR count). The highest BCUT2D eigenvalue weighted by atomic mass is 79.9. The number of halogens is 1. The second-order valence-electron chi connectivity index (χ2n) is 5.92. The smallest absolute Gasteiger partial charge is 0.352 e. The first-order valence-corrected chi connectivity index (χ1v) is 9.36. The SMILES string of the molecule is CCOC(=O)[C@H](OC(=O)[C@H](C)Br)c1c2ccccc2cc2ccccc12. The molecule has 0 amide bonds. The third-order valence-electron chi connectivity index (χ3n) is 4.13. The van der Waals surface area contributed by atoms with Crippen LogP contribution >= 0.6 is 15.9 Å². The molecule has 0 saturated carbocycles. The van der Waals surface area contributed by atoms with Gasteiger partial charge in [-0.3, -0.25) is 4.79 Å². The van der Waals surface area contributed by atoms with E-state index in [0.717, 1.165) is 21.5 Å². The molecule has 134 valence electrons. The Hall–Kier alpha value is -2.40. The number of benzene rings is 3. The summed E-state index contributed by atoms with van der Waals surface area (Å²) in [7, 11) is 0. The van der Waals surface area contributed by atoms with Crippen molar-refractivity contribution >= 4 is 49.4 Å². The van der Waals surface area contributed by atoms with E-state index in [2.05, 4.69) is 22.0 Å². The summed E-state index contributed by atoms with van der Waals surface area (Å²) in [5.74, 6) is -1.09. The van der Waals surface area contributed by atoms with Gasteiger partial charge in [-0.1, -0.05) is 64.5 Å². The third-order valence-corrected chi connectivity index (χ3v) is 4.51. The summed E-state index contributed by atoms with van der Waals surface area (Å²) in [6.07, 6.45) is -1.13. The zero-order chi connectivity index (χ0) is 18.7. The Balaban J connectivity index is 2.28. The quantitative estimate of drug-likeness (QED) is 0.337. The van der Waals surface area contributed by atoms with Crippen LogP contribution in [0.2, 0.25) is 0 Å². The van der Waals surface area contributed by atoms with Crippen LogP contribution in [-0.2, 0) is 19.1 Å². The molecule has 0 aliphatic carbocycles. The van der Waals surface area contributed by atoms with Crippen molar-refractivity contribution in [3.63, 3.8) is 0 Å². The van der Waals surface area contributed by atoms with Crippen molar-refractivity contribution in [2.45, 2.75) is 24.8 Å². The van der Waals surface area contributed by atoms with Gasteiger partial charge in [0, 0.05) is 5.56 Å². The minimum absolute atomic E-state index is 0.208. The molecule has 0 aliphatic heterocycles. The van der Waals surface area contributed by atoms with Gasteiger partial charge >= 0.3 is 11.9 Å². The first kappa shape index (κ1) is 18.4. The molecule has 3 aromatic rings. The Kier molecular flexibility index (Phi) is 5.57. The van der Waals surface area contributed by atoms with Gasteiger partial charge in [-0.2, -0.15) is 0 Å². The Morgan fingerprint density at radius 3 is 2.00 bits per heavy atom. The fourth-order valence-corrected chi connectivity index (χ4v) is 3.09. The Labute approximate surface area is 160 Å². The topological polar surface area (TPSA) is 52.6 Å². The lowest BCUT2D eigenvalue weighted by atomic mass is 9.93. The van der Waals surface area contributed by atoms with Crippen molar-refractivity contribution in [3.8, 4) is 0 Å². The largest absolute Gasteiger partial charge is 0.463 e. The van der Waals surface area contributed by atoms with E-state index in [0.29, 0.717) is 5.56 Å². The zero-order valence-electron chi connectivity index (χ0n) is 14.6. The van der Waals surface area contributed by atoms with Crippen molar-refractivity contribution in [2.24, 2.45) is 0 Å². The van der Waals surface area contributed by atoms with Gasteiger partial charge in [0.1, 0.15) is 4.83 Å². The number of hydrogen-bond acceptors (Lipinski definition) is 4. The molecule has 2 atom stereocenters. The number of hydrogen-bond donors (Lipinski definition) is 0. The van der Waals surface area contributed by atoms with Crippen LogP contribution in [0.3, 0.4) is 0 Å². The van der Waals surface area contributed by atoms with E-state index in [-0.39, 0.29) is 6.61 Å². The molecule has 0 N–H and O–H groups in total. The molecule has 0 fully saturated rings. The van der Waals surface area contributed by atoms with Crippen molar-refractivity contribution < 1.29 is 19.1 Å². The van der Waals surface area contributed by atoms with Crippen LogP contribution in [0, 0.1) is 0 Å². The molecule has 0 spiro atoms. The standard InChI is InChI=1S/C21H19BrO4/c1-3-25-21(24)19(26-20(23)13(2)22)18-16-10-6-4-8-14(16)12-15-9-5-7-11-17(15)18/h4-13,19H,3H2,1-2H3/t13-,19+/m0/s1. The summed E-state index contributed by atoms with van der Waals surface area (Å²) in [6.45, 7) is 3.59. The maximum Gasteiger partial charge on any atom is 0.352 e. The number of esters is 2. The van der Waals surface area contributed by atoms with Crippen LogP contribution in [0.25, 0.3) is 21.5 Å². The summed E-state index contributed by atoms with van der Waals surface area (Å²) in [6, 6.07) is 17.5. The van der Waals surface area contributed by atoms with Crippen LogP contribution in [0.4, 0.5) is 0 Å². The number of ether oxygens (including phenoxy) is 2. The van der Waals surface area contributed by atoms with Crippen LogP contribution in [0.1, 0.15) is 25.5 Å². The van der Waals surface area contributed by atoms with Crippen LogP contribution in [0.5, 0.6) is 0 Å². The molecule has 0 heterocycles. The van der Waals surface area contributed by atoms with Gasteiger partial charge < -0.3 is 9.47 Å². The van der Waals surface area contributed by atoms with Gasteiger partial charge in [0.2, 0.25) is 6.10 Å². The molecular weight excluding hydrogens is 396 g/mol. The first-order valence-electron chi connectivity index (χ1n) is 8.44. The molecule has 5 heteroatoms. The van der Waals surface area contributed by atoms with Gasteiger partial charge in [-0.05, 0) is 41.5 Å². The number of rotatable bonds is 5. The summed E-state index contributed by atoms with van der Waals surface area (Å²) >= 11 is 3.20. The molecule has 0 bridgehead atoms.